The number of hydrogen-bond donors (Lipinski definition) is 0. The Bertz CT molecular complexity index is 1350. The highest BCUT2D eigenvalue weighted by atomic mass is 79.9. The first-order valence-corrected chi connectivity index (χ1v) is 10.3. The van der Waals surface area contributed by atoms with Crippen LogP contribution in [0.4, 0.5) is 0 Å². The monoisotopic (exact) mass is 495 g/mol. The summed E-state index contributed by atoms with van der Waals surface area (Å²) >= 11 is 3.36. The van der Waals surface area contributed by atoms with Crippen LogP contribution in [0, 0.1) is 12.1 Å². The number of carbonyl (C=O) groups is 1. The number of methoxy groups -OCH3 is 2. The average Bonchev–Trinajstić information content (AvgIpc) is 3.14. The fourth-order valence-electron chi connectivity index (χ4n) is 3.30. The molecule has 0 saturated heterocycles. The van der Waals surface area contributed by atoms with Gasteiger partial charge >= 0.3 is 0 Å². The first kappa shape index (κ1) is 21.5. The van der Waals surface area contributed by atoms with Gasteiger partial charge in [0.05, 0.1) is 31.0 Å². The first-order valence-electron chi connectivity index (χ1n) is 9.53. The van der Waals surface area contributed by atoms with Gasteiger partial charge in [-0.05, 0) is 59.5 Å². The van der Waals surface area contributed by atoms with E-state index in [1.54, 1.807) is 37.3 Å². The van der Waals surface area contributed by atoms with Gasteiger partial charge in [0.1, 0.15) is 0 Å². The van der Waals surface area contributed by atoms with Crippen LogP contribution in [-0.4, -0.2) is 30.1 Å². The summed E-state index contributed by atoms with van der Waals surface area (Å²) in [5.74, 6) is 0.813. The van der Waals surface area contributed by atoms with Crippen LogP contribution in [0.3, 0.4) is 0 Å². The van der Waals surface area contributed by atoms with E-state index < -0.39 is 0 Å². The zero-order valence-electron chi connectivity index (χ0n) is 17.5. The van der Waals surface area contributed by atoms with Gasteiger partial charge in [0.2, 0.25) is 5.69 Å². The third-order valence-electron chi connectivity index (χ3n) is 4.95. The van der Waals surface area contributed by atoms with Crippen molar-refractivity contribution in [3.63, 3.8) is 0 Å². The summed E-state index contributed by atoms with van der Waals surface area (Å²) in [5, 5.41) is 16.3. The van der Waals surface area contributed by atoms with E-state index in [1.807, 2.05) is 18.2 Å². The molecular weight excluding hydrogens is 478 g/mol. The Kier molecular flexibility index (Phi) is 5.91. The number of carbonyl (C=O) groups excluding carboxylic acids is 1. The molecule has 0 saturated carbocycles. The molecule has 0 aliphatic carbocycles. The van der Waals surface area contributed by atoms with Gasteiger partial charge in [-0.15, -0.1) is 0 Å². The summed E-state index contributed by atoms with van der Waals surface area (Å²) in [6.45, 7) is 1.60. The van der Waals surface area contributed by atoms with Crippen molar-refractivity contribution in [3.05, 3.63) is 75.2 Å². The molecule has 2 aromatic heterocycles. The van der Waals surface area contributed by atoms with E-state index in [0.29, 0.717) is 49.8 Å². The average molecular weight is 496 g/mol. The molecule has 0 bridgehead atoms. The molecule has 2 aromatic carbocycles. The zero-order chi connectivity index (χ0) is 22.8. The van der Waals surface area contributed by atoms with E-state index >= 15 is 0 Å². The lowest BCUT2D eigenvalue weighted by atomic mass is 10.0. The molecule has 0 spiro atoms. The molecule has 4 aromatic rings. The van der Waals surface area contributed by atoms with Crippen molar-refractivity contribution < 1.29 is 23.8 Å². The summed E-state index contributed by atoms with van der Waals surface area (Å²) in [4.78, 5) is 17.5. The number of halogens is 1. The van der Waals surface area contributed by atoms with Gasteiger partial charge in [-0.2, -0.15) is 0 Å². The number of ether oxygens (including phenoxy) is 2. The Hall–Kier alpha value is -3.72. The topological polar surface area (TPSA) is 101 Å². The lowest BCUT2D eigenvalue weighted by molar-refractivity contribution is -0.806. The molecule has 2 heterocycles. The van der Waals surface area contributed by atoms with Crippen LogP contribution < -0.4 is 14.4 Å². The minimum absolute atomic E-state index is 0.147. The lowest BCUT2D eigenvalue weighted by Gasteiger charge is -2.13. The number of nitrogens with zero attached hydrogens (tertiary/aromatic N) is 3. The van der Waals surface area contributed by atoms with Crippen molar-refractivity contribution in [3.8, 4) is 22.8 Å². The predicted molar refractivity (Wildman–Crippen MR) is 122 cm³/mol. The van der Waals surface area contributed by atoms with Gasteiger partial charge in [0, 0.05) is 27.5 Å². The van der Waals surface area contributed by atoms with Crippen molar-refractivity contribution in [2.45, 2.75) is 6.92 Å². The molecule has 0 aliphatic heterocycles. The largest absolute Gasteiger partial charge is 0.493 e. The van der Waals surface area contributed by atoms with Gasteiger partial charge in [-0.25, -0.2) is 4.98 Å². The molecule has 0 radical (unpaired) electrons. The summed E-state index contributed by atoms with van der Waals surface area (Å²) in [6, 6.07) is 12.4. The second kappa shape index (κ2) is 8.80. The van der Waals surface area contributed by atoms with Gasteiger partial charge in [-0.3, -0.25) is 9.42 Å². The van der Waals surface area contributed by atoms with Crippen LogP contribution in [0.5, 0.6) is 11.5 Å². The first-order chi connectivity index (χ1) is 15.4. The maximum atomic E-state index is 12.5. The summed E-state index contributed by atoms with van der Waals surface area (Å²) < 4.78 is 16.6. The van der Waals surface area contributed by atoms with Crippen molar-refractivity contribution in [2.75, 3.05) is 14.2 Å². The molecule has 8 nitrogen and oxygen atoms in total. The van der Waals surface area contributed by atoms with Gasteiger partial charge in [-0.1, -0.05) is 15.9 Å². The fourth-order valence-corrected chi connectivity index (χ4v) is 3.57. The molecule has 0 amide bonds. The SMILES string of the molecule is COc1cc(-c2no[n+]([O-])c2C)c2nc(/C=C/C(=O)c3ccc(Br)cc3)ccc2c1OC. The molecule has 0 fully saturated rings. The fraction of sp³-hybridized carbons (Fsp3) is 0.130. The molecule has 0 N–H and O–H groups in total. The smallest absolute Gasteiger partial charge is 0.253 e. The van der Waals surface area contributed by atoms with E-state index in [1.165, 1.54) is 20.3 Å². The quantitative estimate of drug-likeness (QED) is 0.220. The summed E-state index contributed by atoms with van der Waals surface area (Å²) in [5.41, 5.74) is 2.81. The minimum Gasteiger partial charge on any atom is -0.493 e. The Balaban J connectivity index is 1.83. The predicted octanol–water partition coefficient (Wildman–Crippen LogP) is 4.51. The van der Waals surface area contributed by atoms with Crippen molar-refractivity contribution in [1.29, 1.82) is 0 Å². The highest BCUT2D eigenvalue weighted by Gasteiger charge is 2.24. The standard InChI is InChI=1S/C23H18BrN3O5/c1-13-21(26-32-27(13)29)18-12-20(30-2)23(31-3)17-10-8-16(25-22(17)18)9-11-19(28)14-4-6-15(24)7-5-14/h4-12H,1-3H3/b11-9+. The van der Waals surface area contributed by atoms with Crippen molar-refractivity contribution in [1.82, 2.24) is 10.1 Å². The number of allylic oxidation sites excluding steroid dienone is 1. The number of hydrogen-bond acceptors (Lipinski definition) is 7. The van der Waals surface area contributed by atoms with Crippen LogP contribution in [0.15, 0.2) is 57.6 Å². The van der Waals surface area contributed by atoms with Crippen LogP contribution in [0.1, 0.15) is 21.7 Å². The number of fused-ring (bicyclic) bond motifs is 1. The van der Waals surface area contributed by atoms with Crippen LogP contribution in [0.2, 0.25) is 0 Å². The number of ketones is 1. The second-order valence-corrected chi connectivity index (χ2v) is 7.78. The lowest BCUT2D eigenvalue weighted by Crippen LogP contribution is -2.25. The molecule has 9 heteroatoms. The zero-order valence-corrected chi connectivity index (χ0v) is 19.0. The number of aromatic nitrogens is 3. The summed E-state index contributed by atoms with van der Waals surface area (Å²) in [6.07, 6.45) is 3.10. The minimum atomic E-state index is -0.147. The third-order valence-corrected chi connectivity index (χ3v) is 5.48. The third kappa shape index (κ3) is 3.94. The molecule has 0 atom stereocenters. The van der Waals surface area contributed by atoms with Crippen molar-refractivity contribution in [2.24, 2.45) is 0 Å². The van der Waals surface area contributed by atoms with Gasteiger partial charge in [0.25, 0.3) is 5.69 Å². The second-order valence-electron chi connectivity index (χ2n) is 6.86. The number of rotatable bonds is 6. The Morgan fingerprint density at radius 2 is 1.91 bits per heavy atom. The van der Waals surface area contributed by atoms with E-state index in [4.69, 9.17) is 19.1 Å². The van der Waals surface area contributed by atoms with E-state index in [2.05, 4.69) is 21.1 Å². The molecule has 4 rings (SSSR count). The van der Waals surface area contributed by atoms with Crippen LogP contribution >= 0.6 is 15.9 Å². The molecular formula is C23H18BrN3O5. The normalized spacial score (nSPS) is 11.2. The Morgan fingerprint density at radius 3 is 2.53 bits per heavy atom. The maximum Gasteiger partial charge on any atom is 0.253 e. The Labute approximate surface area is 191 Å². The Morgan fingerprint density at radius 1 is 1.16 bits per heavy atom. The molecule has 0 unspecified atom stereocenters. The molecule has 0 aliphatic rings. The number of benzene rings is 2. The molecule has 32 heavy (non-hydrogen) atoms. The van der Waals surface area contributed by atoms with E-state index in [9.17, 15) is 10.0 Å². The van der Waals surface area contributed by atoms with E-state index in [-0.39, 0.29) is 11.5 Å². The molecule has 162 valence electrons. The van der Waals surface area contributed by atoms with E-state index in [0.717, 1.165) is 4.47 Å². The van der Waals surface area contributed by atoms with Crippen molar-refractivity contribution >= 4 is 38.7 Å². The highest BCUT2D eigenvalue weighted by molar-refractivity contribution is 9.10. The maximum absolute atomic E-state index is 12.5. The van der Waals surface area contributed by atoms with Crippen LogP contribution in [0.25, 0.3) is 28.2 Å². The van der Waals surface area contributed by atoms with Gasteiger partial charge < -0.3 is 14.7 Å². The number of pyridine rings is 1. The van der Waals surface area contributed by atoms with Gasteiger partial charge in [0.15, 0.2) is 17.3 Å². The van der Waals surface area contributed by atoms with Crippen LogP contribution in [-0.2, 0) is 0 Å². The highest BCUT2D eigenvalue weighted by Crippen LogP contribution is 2.41. The summed E-state index contributed by atoms with van der Waals surface area (Å²) in [7, 11) is 3.06.